The largest absolute Gasteiger partial charge is 0.480 e. The third-order valence-corrected chi connectivity index (χ3v) is 3.12. The number of H-pyrrole nitrogens is 1. The van der Waals surface area contributed by atoms with Crippen LogP contribution in [0.5, 0.6) is 0 Å². The number of para-hydroxylation sites is 1. The van der Waals surface area contributed by atoms with Gasteiger partial charge in [0.05, 0.1) is 0 Å². The van der Waals surface area contributed by atoms with Gasteiger partial charge in [0, 0.05) is 36.9 Å². The second-order valence-corrected chi connectivity index (χ2v) is 4.97. The number of carboxylic acid groups (broad SMARTS) is 1. The molecule has 7 heteroatoms. The predicted octanol–water partition coefficient (Wildman–Crippen LogP) is 1.18. The lowest BCUT2D eigenvalue weighted by atomic mass is 10.1. The fourth-order valence-electron chi connectivity index (χ4n) is 1.97. The van der Waals surface area contributed by atoms with Crippen molar-refractivity contribution in [3.05, 3.63) is 36.0 Å². The molecule has 0 aliphatic carbocycles. The number of hydrogen-bond acceptors (Lipinski definition) is 3. The second-order valence-electron chi connectivity index (χ2n) is 4.97. The summed E-state index contributed by atoms with van der Waals surface area (Å²) >= 11 is 0. The van der Waals surface area contributed by atoms with Crippen LogP contribution in [-0.2, 0) is 20.8 Å². The van der Waals surface area contributed by atoms with Gasteiger partial charge in [0.25, 0.3) is 0 Å². The first-order chi connectivity index (χ1) is 10.8. The van der Waals surface area contributed by atoms with Crippen LogP contribution in [0.3, 0.4) is 0 Å². The summed E-state index contributed by atoms with van der Waals surface area (Å²) in [6.45, 7) is 3.04. The normalized spacial score (nSPS) is 11.2. The Labute approximate surface area is 133 Å². The lowest BCUT2D eigenvalue weighted by Gasteiger charge is -2.12. The third-order valence-electron chi connectivity index (χ3n) is 3.12. The monoisotopic (exact) mass is 319 g/mol. The lowest BCUT2D eigenvalue weighted by molar-refractivity contribution is -0.141. The van der Waals surface area contributed by atoms with E-state index in [1.807, 2.05) is 24.3 Å². The van der Waals surface area contributed by atoms with Crippen LogP contribution in [0, 0.1) is 0 Å². The minimum absolute atomic E-state index is 0.245. The first kappa shape index (κ1) is 18.2. The van der Waals surface area contributed by atoms with Crippen molar-refractivity contribution in [1.29, 1.82) is 0 Å². The number of aromatic nitrogens is 1. The number of fused-ring (bicyclic) bond motifs is 1. The highest BCUT2D eigenvalue weighted by atomic mass is 16.4. The van der Waals surface area contributed by atoms with Crippen molar-refractivity contribution >= 4 is 28.7 Å². The number of amides is 2. The third kappa shape index (κ3) is 5.82. The highest BCUT2D eigenvalue weighted by molar-refractivity contribution is 5.86. The summed E-state index contributed by atoms with van der Waals surface area (Å²) in [6.07, 6.45) is 2.49. The summed E-state index contributed by atoms with van der Waals surface area (Å²) in [5.74, 6) is -1.62. The number of benzene rings is 1. The zero-order chi connectivity index (χ0) is 17.4. The number of primary amides is 1. The summed E-state index contributed by atoms with van der Waals surface area (Å²) in [4.78, 5) is 34.7. The van der Waals surface area contributed by atoms with Crippen LogP contribution in [-0.4, -0.2) is 33.9 Å². The Morgan fingerprint density at radius 2 is 1.91 bits per heavy atom. The number of aliphatic carboxylic acids is 1. The van der Waals surface area contributed by atoms with Crippen LogP contribution in [0.1, 0.15) is 25.8 Å². The number of carboxylic acids is 1. The van der Waals surface area contributed by atoms with Crippen LogP contribution in [0.25, 0.3) is 10.9 Å². The van der Waals surface area contributed by atoms with E-state index in [0.717, 1.165) is 16.5 Å². The molecule has 1 unspecified atom stereocenters. The van der Waals surface area contributed by atoms with Crippen LogP contribution < -0.4 is 11.1 Å². The Morgan fingerprint density at radius 1 is 1.30 bits per heavy atom. The first-order valence-corrected chi connectivity index (χ1v) is 7.18. The molecule has 0 aliphatic rings. The van der Waals surface area contributed by atoms with E-state index in [1.165, 1.54) is 6.92 Å². The number of rotatable bonds is 5. The summed E-state index contributed by atoms with van der Waals surface area (Å²) < 4.78 is 0. The molecule has 0 spiro atoms. The van der Waals surface area contributed by atoms with Crippen molar-refractivity contribution in [3.63, 3.8) is 0 Å². The Balaban J connectivity index is 0.000000463. The van der Waals surface area contributed by atoms with Crippen molar-refractivity contribution in [2.75, 3.05) is 0 Å². The van der Waals surface area contributed by atoms with Gasteiger partial charge in [-0.2, -0.15) is 0 Å². The van der Waals surface area contributed by atoms with E-state index in [9.17, 15) is 14.4 Å². The second kappa shape index (κ2) is 8.57. The van der Waals surface area contributed by atoms with Gasteiger partial charge < -0.3 is 21.1 Å². The molecule has 1 aromatic heterocycles. The molecule has 23 heavy (non-hydrogen) atoms. The molecule has 0 saturated carbocycles. The Bertz CT molecular complexity index is 693. The van der Waals surface area contributed by atoms with Crippen molar-refractivity contribution in [3.8, 4) is 0 Å². The molecule has 7 nitrogen and oxygen atoms in total. The molecule has 2 amide bonds. The molecule has 5 N–H and O–H groups in total. The minimum atomic E-state index is -1.03. The fraction of sp³-hybridized carbons (Fsp3) is 0.312. The lowest BCUT2D eigenvalue weighted by Crippen LogP contribution is -2.41. The maximum atomic E-state index is 11.1. The first-order valence-electron chi connectivity index (χ1n) is 7.18. The summed E-state index contributed by atoms with van der Waals surface area (Å²) in [6, 6.07) is 6.75. The number of carbonyl (C=O) groups is 3. The van der Waals surface area contributed by atoms with E-state index >= 15 is 0 Å². The number of hydrogen-bond donors (Lipinski definition) is 4. The van der Waals surface area contributed by atoms with Gasteiger partial charge in [0.1, 0.15) is 6.04 Å². The molecule has 1 atom stereocenters. The molecule has 2 aromatic rings. The highest BCUT2D eigenvalue weighted by Crippen LogP contribution is 2.19. The van der Waals surface area contributed by atoms with Crippen LogP contribution in [0.15, 0.2) is 30.5 Å². The zero-order valence-electron chi connectivity index (χ0n) is 13.1. The summed E-state index contributed by atoms with van der Waals surface area (Å²) in [5.41, 5.74) is 6.49. The van der Waals surface area contributed by atoms with Gasteiger partial charge in [-0.05, 0) is 11.6 Å². The van der Waals surface area contributed by atoms with Crippen LogP contribution in [0.2, 0.25) is 0 Å². The summed E-state index contributed by atoms with van der Waals surface area (Å²) in [5, 5.41) is 12.5. The molecule has 0 aliphatic heterocycles. The maximum absolute atomic E-state index is 11.1. The minimum Gasteiger partial charge on any atom is -0.480 e. The van der Waals surface area contributed by atoms with Crippen LogP contribution in [0.4, 0.5) is 0 Å². The standard InChI is InChI=1S/C13H14N2O3.C3H7NO/c1-8(16)15-12(13(17)18)6-9-7-14-11-5-3-2-4-10(9)11;1-2-3(4)5/h2-5,7,12,14H,6H2,1H3,(H,15,16)(H,17,18);2H2,1H3,(H2,4,5). The Morgan fingerprint density at radius 3 is 2.43 bits per heavy atom. The SMILES string of the molecule is CC(=O)NC(Cc1c[nH]c2ccccc12)C(=O)O.CCC(N)=O. The van der Waals surface area contributed by atoms with Gasteiger partial charge in [0.2, 0.25) is 11.8 Å². The molecule has 0 radical (unpaired) electrons. The van der Waals surface area contributed by atoms with Gasteiger partial charge in [-0.15, -0.1) is 0 Å². The topological polar surface area (TPSA) is 125 Å². The van der Waals surface area contributed by atoms with E-state index in [-0.39, 0.29) is 18.2 Å². The molecule has 0 saturated heterocycles. The average molecular weight is 319 g/mol. The van der Waals surface area contributed by atoms with Crippen molar-refractivity contribution in [2.24, 2.45) is 5.73 Å². The number of nitrogens with one attached hydrogen (secondary N) is 2. The maximum Gasteiger partial charge on any atom is 0.326 e. The summed E-state index contributed by atoms with van der Waals surface area (Å²) in [7, 11) is 0. The average Bonchev–Trinajstić information content (AvgIpc) is 2.90. The fourth-order valence-corrected chi connectivity index (χ4v) is 1.97. The molecular weight excluding hydrogens is 298 g/mol. The van der Waals surface area contributed by atoms with Crippen molar-refractivity contribution in [1.82, 2.24) is 10.3 Å². The molecule has 0 fully saturated rings. The van der Waals surface area contributed by atoms with Crippen molar-refractivity contribution < 1.29 is 19.5 Å². The number of nitrogens with two attached hydrogens (primary N) is 1. The van der Waals surface area contributed by atoms with E-state index in [4.69, 9.17) is 5.11 Å². The van der Waals surface area contributed by atoms with E-state index in [1.54, 1.807) is 13.1 Å². The highest BCUT2D eigenvalue weighted by Gasteiger charge is 2.20. The molecule has 1 aromatic carbocycles. The van der Waals surface area contributed by atoms with E-state index < -0.39 is 12.0 Å². The molecule has 1 heterocycles. The van der Waals surface area contributed by atoms with Gasteiger partial charge in [-0.25, -0.2) is 4.79 Å². The van der Waals surface area contributed by atoms with Gasteiger partial charge in [0.15, 0.2) is 0 Å². The van der Waals surface area contributed by atoms with Gasteiger partial charge in [-0.1, -0.05) is 25.1 Å². The Kier molecular flexibility index (Phi) is 6.79. The quantitative estimate of drug-likeness (QED) is 0.660. The van der Waals surface area contributed by atoms with E-state index in [2.05, 4.69) is 16.0 Å². The zero-order valence-corrected chi connectivity index (χ0v) is 13.1. The number of carbonyl (C=O) groups excluding carboxylic acids is 2. The predicted molar refractivity (Wildman–Crippen MR) is 86.7 cm³/mol. The van der Waals surface area contributed by atoms with Crippen LogP contribution >= 0.6 is 0 Å². The molecular formula is C16H21N3O4. The van der Waals surface area contributed by atoms with Gasteiger partial charge in [-0.3, -0.25) is 9.59 Å². The van der Waals surface area contributed by atoms with E-state index in [0.29, 0.717) is 6.42 Å². The molecule has 0 bridgehead atoms. The van der Waals surface area contributed by atoms with Crippen molar-refractivity contribution in [2.45, 2.75) is 32.7 Å². The molecule has 2 rings (SSSR count). The molecule has 124 valence electrons. The van der Waals surface area contributed by atoms with Gasteiger partial charge >= 0.3 is 5.97 Å². The Hall–Kier alpha value is -2.83. The number of aromatic amines is 1. The smallest absolute Gasteiger partial charge is 0.326 e.